The third-order valence-corrected chi connectivity index (χ3v) is 3.23. The SMILES string of the molecule is CCc1cn[nH]c1NC(=O)c1cc2cc(C)ccc2o1. The molecule has 0 unspecified atom stereocenters. The minimum atomic E-state index is -0.280. The highest BCUT2D eigenvalue weighted by Gasteiger charge is 2.14. The second-order valence-corrected chi connectivity index (χ2v) is 4.73. The van der Waals surface area contributed by atoms with Crippen LogP contribution in [0.3, 0.4) is 0 Å². The fourth-order valence-corrected chi connectivity index (χ4v) is 2.14. The normalized spacial score (nSPS) is 10.9. The van der Waals surface area contributed by atoms with Gasteiger partial charge in [0.15, 0.2) is 5.76 Å². The number of aromatic amines is 1. The highest BCUT2D eigenvalue weighted by Crippen LogP contribution is 2.21. The predicted molar refractivity (Wildman–Crippen MR) is 76.9 cm³/mol. The first-order chi connectivity index (χ1) is 9.67. The van der Waals surface area contributed by atoms with E-state index in [4.69, 9.17) is 4.42 Å². The van der Waals surface area contributed by atoms with Crippen molar-refractivity contribution in [3.05, 3.63) is 47.3 Å². The van der Waals surface area contributed by atoms with Crippen LogP contribution in [0.2, 0.25) is 0 Å². The minimum Gasteiger partial charge on any atom is -0.451 e. The van der Waals surface area contributed by atoms with E-state index in [2.05, 4.69) is 15.5 Å². The Balaban J connectivity index is 1.89. The number of carbonyl (C=O) groups is 1. The molecule has 0 saturated heterocycles. The Bertz CT molecular complexity index is 770. The summed E-state index contributed by atoms with van der Waals surface area (Å²) >= 11 is 0. The number of H-pyrrole nitrogens is 1. The van der Waals surface area contributed by atoms with Crippen LogP contribution in [0, 0.1) is 6.92 Å². The molecule has 2 heterocycles. The number of fused-ring (bicyclic) bond motifs is 1. The van der Waals surface area contributed by atoms with Crippen LogP contribution in [0.25, 0.3) is 11.0 Å². The van der Waals surface area contributed by atoms with Crippen LogP contribution >= 0.6 is 0 Å². The molecule has 3 rings (SSSR count). The molecular weight excluding hydrogens is 254 g/mol. The van der Waals surface area contributed by atoms with Gasteiger partial charge in [0.05, 0.1) is 6.20 Å². The molecule has 0 bridgehead atoms. The third-order valence-electron chi connectivity index (χ3n) is 3.23. The van der Waals surface area contributed by atoms with E-state index >= 15 is 0 Å². The van der Waals surface area contributed by atoms with E-state index in [1.165, 1.54) is 0 Å². The zero-order chi connectivity index (χ0) is 14.1. The largest absolute Gasteiger partial charge is 0.451 e. The number of rotatable bonds is 3. The molecule has 0 radical (unpaired) electrons. The van der Waals surface area contributed by atoms with Crippen LogP contribution in [-0.2, 0) is 6.42 Å². The van der Waals surface area contributed by atoms with Crippen molar-refractivity contribution in [3.63, 3.8) is 0 Å². The summed E-state index contributed by atoms with van der Waals surface area (Å²) in [5.74, 6) is 0.634. The second kappa shape index (κ2) is 4.85. The lowest BCUT2D eigenvalue weighted by Crippen LogP contribution is -2.12. The first-order valence-corrected chi connectivity index (χ1v) is 6.51. The standard InChI is InChI=1S/C15H15N3O2/c1-3-10-8-16-18-14(10)17-15(19)13-7-11-6-9(2)4-5-12(11)20-13/h4-8H,3H2,1-2H3,(H2,16,17,18,19). The van der Waals surface area contributed by atoms with Crippen molar-refractivity contribution in [2.24, 2.45) is 0 Å². The van der Waals surface area contributed by atoms with Gasteiger partial charge in [-0.3, -0.25) is 9.89 Å². The number of hydrogen-bond acceptors (Lipinski definition) is 3. The number of nitrogens with zero attached hydrogens (tertiary/aromatic N) is 1. The molecule has 1 aromatic carbocycles. The number of carbonyl (C=O) groups excluding carboxylic acids is 1. The summed E-state index contributed by atoms with van der Waals surface area (Å²) in [6, 6.07) is 7.57. The van der Waals surface area contributed by atoms with Crippen LogP contribution in [0.5, 0.6) is 0 Å². The molecule has 0 aliphatic carbocycles. The summed E-state index contributed by atoms with van der Waals surface area (Å²) in [5.41, 5.74) is 2.80. The zero-order valence-electron chi connectivity index (χ0n) is 11.4. The number of nitrogens with one attached hydrogen (secondary N) is 2. The first-order valence-electron chi connectivity index (χ1n) is 6.51. The molecule has 0 saturated carbocycles. The van der Waals surface area contributed by atoms with Crippen molar-refractivity contribution in [1.29, 1.82) is 0 Å². The summed E-state index contributed by atoms with van der Waals surface area (Å²) in [6.07, 6.45) is 2.50. The number of aryl methyl sites for hydroxylation is 2. The lowest BCUT2D eigenvalue weighted by Gasteiger charge is -2.01. The molecule has 5 heteroatoms. The van der Waals surface area contributed by atoms with Crippen LogP contribution in [0.1, 0.15) is 28.6 Å². The van der Waals surface area contributed by atoms with Gasteiger partial charge in [0, 0.05) is 10.9 Å². The van der Waals surface area contributed by atoms with Gasteiger partial charge in [0.25, 0.3) is 5.91 Å². The summed E-state index contributed by atoms with van der Waals surface area (Å²) in [6.45, 7) is 4.01. The van der Waals surface area contributed by atoms with Crippen molar-refractivity contribution in [2.75, 3.05) is 5.32 Å². The van der Waals surface area contributed by atoms with Gasteiger partial charge in [0.1, 0.15) is 11.4 Å². The number of furan rings is 1. The molecule has 0 aliphatic rings. The van der Waals surface area contributed by atoms with E-state index in [9.17, 15) is 4.79 Å². The zero-order valence-corrected chi connectivity index (χ0v) is 11.4. The van der Waals surface area contributed by atoms with Gasteiger partial charge in [-0.25, -0.2) is 0 Å². The van der Waals surface area contributed by atoms with Gasteiger partial charge in [-0.05, 0) is 31.5 Å². The van der Waals surface area contributed by atoms with Crippen molar-refractivity contribution in [1.82, 2.24) is 10.2 Å². The Morgan fingerprint density at radius 1 is 1.40 bits per heavy atom. The van der Waals surface area contributed by atoms with Crippen molar-refractivity contribution in [3.8, 4) is 0 Å². The van der Waals surface area contributed by atoms with Gasteiger partial charge >= 0.3 is 0 Å². The second-order valence-electron chi connectivity index (χ2n) is 4.73. The van der Waals surface area contributed by atoms with E-state index in [1.54, 1.807) is 12.3 Å². The Kier molecular flexibility index (Phi) is 3.02. The Morgan fingerprint density at radius 2 is 2.25 bits per heavy atom. The van der Waals surface area contributed by atoms with E-state index in [0.29, 0.717) is 17.2 Å². The predicted octanol–water partition coefficient (Wildman–Crippen LogP) is 3.28. The average molecular weight is 269 g/mol. The maximum Gasteiger partial charge on any atom is 0.292 e. The number of hydrogen-bond donors (Lipinski definition) is 2. The van der Waals surface area contributed by atoms with Crippen LogP contribution < -0.4 is 5.32 Å². The maximum absolute atomic E-state index is 12.2. The monoisotopic (exact) mass is 269 g/mol. The highest BCUT2D eigenvalue weighted by molar-refractivity contribution is 6.04. The van der Waals surface area contributed by atoms with Gasteiger partial charge in [-0.15, -0.1) is 0 Å². The number of aromatic nitrogens is 2. The van der Waals surface area contributed by atoms with E-state index in [1.807, 2.05) is 32.0 Å². The van der Waals surface area contributed by atoms with E-state index in [0.717, 1.165) is 22.9 Å². The third kappa shape index (κ3) is 2.18. The quantitative estimate of drug-likeness (QED) is 0.766. The first kappa shape index (κ1) is 12.5. The smallest absolute Gasteiger partial charge is 0.292 e. The molecular formula is C15H15N3O2. The summed E-state index contributed by atoms with van der Waals surface area (Å²) < 4.78 is 5.56. The highest BCUT2D eigenvalue weighted by atomic mass is 16.3. The minimum absolute atomic E-state index is 0.280. The van der Waals surface area contributed by atoms with E-state index < -0.39 is 0 Å². The molecule has 5 nitrogen and oxygen atoms in total. The summed E-state index contributed by atoms with van der Waals surface area (Å²) in [4.78, 5) is 12.2. The fraction of sp³-hybridized carbons (Fsp3) is 0.200. The van der Waals surface area contributed by atoms with Gasteiger partial charge in [0.2, 0.25) is 0 Å². The molecule has 20 heavy (non-hydrogen) atoms. The Hall–Kier alpha value is -2.56. The van der Waals surface area contributed by atoms with Crippen LogP contribution in [-0.4, -0.2) is 16.1 Å². The van der Waals surface area contributed by atoms with Gasteiger partial charge in [-0.2, -0.15) is 5.10 Å². The summed E-state index contributed by atoms with van der Waals surface area (Å²) in [5, 5.41) is 10.4. The number of amides is 1. The Labute approximate surface area is 116 Å². The number of benzene rings is 1. The fourth-order valence-electron chi connectivity index (χ4n) is 2.14. The lowest BCUT2D eigenvalue weighted by molar-refractivity contribution is 0.0998. The molecule has 0 atom stereocenters. The van der Waals surface area contributed by atoms with E-state index in [-0.39, 0.29) is 5.91 Å². The molecule has 2 N–H and O–H groups in total. The summed E-state index contributed by atoms with van der Waals surface area (Å²) in [7, 11) is 0. The Morgan fingerprint density at radius 3 is 3.05 bits per heavy atom. The maximum atomic E-state index is 12.2. The van der Waals surface area contributed by atoms with Crippen molar-refractivity contribution >= 4 is 22.7 Å². The molecule has 2 aromatic heterocycles. The van der Waals surface area contributed by atoms with Gasteiger partial charge in [-0.1, -0.05) is 18.6 Å². The van der Waals surface area contributed by atoms with Gasteiger partial charge < -0.3 is 9.73 Å². The van der Waals surface area contributed by atoms with Crippen molar-refractivity contribution < 1.29 is 9.21 Å². The molecule has 3 aromatic rings. The molecule has 0 fully saturated rings. The van der Waals surface area contributed by atoms with Crippen LogP contribution in [0.4, 0.5) is 5.82 Å². The topological polar surface area (TPSA) is 70.9 Å². The molecule has 1 amide bonds. The van der Waals surface area contributed by atoms with Crippen molar-refractivity contribution in [2.45, 2.75) is 20.3 Å². The average Bonchev–Trinajstić information content (AvgIpc) is 3.04. The molecule has 0 aliphatic heterocycles. The lowest BCUT2D eigenvalue weighted by atomic mass is 10.2. The molecule has 102 valence electrons. The van der Waals surface area contributed by atoms with Crippen LogP contribution in [0.15, 0.2) is 34.9 Å². The number of anilines is 1. The molecule has 0 spiro atoms.